The molecule has 4 aliphatic heterocycles. The zero-order valence-electron chi connectivity index (χ0n) is 34.0. The van der Waals surface area contributed by atoms with E-state index >= 15 is 4.39 Å². The van der Waals surface area contributed by atoms with E-state index in [2.05, 4.69) is 84.8 Å². The Hall–Kier alpha value is -6.01. The molecule has 5 aromatic rings. The Morgan fingerprint density at radius 2 is 1.52 bits per heavy atom. The van der Waals surface area contributed by atoms with Crippen molar-refractivity contribution < 1.29 is 23.5 Å². The van der Waals surface area contributed by atoms with Crippen molar-refractivity contribution in [1.29, 1.82) is 0 Å². The van der Waals surface area contributed by atoms with E-state index in [1.807, 2.05) is 24.3 Å². The number of nitrogens with zero attached hydrogens (tertiary/aromatic N) is 5. The second-order valence-corrected chi connectivity index (χ2v) is 16.9. The number of benzene rings is 4. The molecule has 11 nitrogen and oxygen atoms in total. The lowest BCUT2D eigenvalue weighted by molar-refractivity contribution is -0.136. The summed E-state index contributed by atoms with van der Waals surface area (Å²) in [5.41, 5.74) is 11.1. The van der Waals surface area contributed by atoms with Crippen LogP contribution in [0.1, 0.15) is 76.7 Å². The number of hydrogen-bond donors (Lipinski definition) is 2. The molecule has 60 heavy (non-hydrogen) atoms. The van der Waals surface area contributed by atoms with Crippen molar-refractivity contribution in [1.82, 2.24) is 25.3 Å². The average Bonchev–Trinajstić information content (AvgIpc) is 3.75. The number of imide groups is 1. The number of piperidine rings is 2. The average molecular weight is 808 g/mol. The van der Waals surface area contributed by atoms with Crippen LogP contribution in [0.4, 0.5) is 15.8 Å². The van der Waals surface area contributed by atoms with Crippen LogP contribution in [-0.2, 0) is 22.6 Å². The molecule has 308 valence electrons. The Balaban J connectivity index is 0.792. The van der Waals surface area contributed by atoms with E-state index in [-0.39, 0.29) is 30.1 Å². The van der Waals surface area contributed by atoms with Gasteiger partial charge in [0.25, 0.3) is 5.91 Å². The van der Waals surface area contributed by atoms with Crippen LogP contribution in [0.5, 0.6) is 5.75 Å². The number of amides is 3. The lowest BCUT2D eigenvalue weighted by Crippen LogP contribution is -2.52. The lowest BCUT2D eigenvalue weighted by atomic mass is 9.86. The SMILES string of the molecule is COc1cc(N2CCC(CN3CCN(c4ccc5c(c4)CN([C@H]4CCC(=O)NC4=O)C5=O)CC3)CC2)ccc1C1=C(c2ccccc2)CCCc2c1ccc1n[nH]c(F)c21. The molecule has 12 heteroatoms. The van der Waals surface area contributed by atoms with E-state index in [9.17, 15) is 14.4 Å². The van der Waals surface area contributed by atoms with Gasteiger partial charge in [0.15, 0.2) is 0 Å². The summed E-state index contributed by atoms with van der Waals surface area (Å²) in [6.07, 6.45) is 5.40. The number of rotatable bonds is 8. The number of aryl methyl sites for hydroxylation is 1. The summed E-state index contributed by atoms with van der Waals surface area (Å²) in [5.74, 6) is 0.271. The van der Waals surface area contributed by atoms with Crippen LogP contribution >= 0.6 is 0 Å². The number of H-pyrrole nitrogens is 1. The van der Waals surface area contributed by atoms with Gasteiger partial charge < -0.3 is 19.4 Å². The minimum absolute atomic E-state index is 0.135. The number of methoxy groups -OCH3 is 1. The highest BCUT2D eigenvalue weighted by Crippen LogP contribution is 2.45. The van der Waals surface area contributed by atoms with Crippen molar-refractivity contribution in [3.8, 4) is 5.75 Å². The van der Waals surface area contributed by atoms with Crippen LogP contribution in [0.2, 0.25) is 0 Å². The normalized spacial score (nSPS) is 20.4. The summed E-state index contributed by atoms with van der Waals surface area (Å²) in [4.78, 5) is 46.5. The predicted octanol–water partition coefficient (Wildman–Crippen LogP) is 6.81. The number of aromatic nitrogens is 2. The third-order valence-corrected chi connectivity index (χ3v) is 13.5. The first kappa shape index (κ1) is 38.2. The summed E-state index contributed by atoms with van der Waals surface area (Å²) in [6.45, 7) is 7.25. The molecule has 1 atom stereocenters. The minimum Gasteiger partial charge on any atom is -0.496 e. The van der Waals surface area contributed by atoms with Crippen LogP contribution in [-0.4, -0.2) is 96.7 Å². The zero-order valence-corrected chi connectivity index (χ0v) is 34.0. The van der Waals surface area contributed by atoms with Crippen LogP contribution in [0.25, 0.3) is 22.0 Å². The monoisotopic (exact) mass is 807 g/mol. The lowest BCUT2D eigenvalue weighted by Gasteiger charge is -2.40. The molecule has 3 fully saturated rings. The number of piperazine rings is 1. The van der Waals surface area contributed by atoms with Crippen LogP contribution in [0.15, 0.2) is 78.9 Å². The number of halogens is 1. The van der Waals surface area contributed by atoms with E-state index in [0.717, 1.165) is 123 Å². The zero-order chi connectivity index (χ0) is 40.9. The maximum Gasteiger partial charge on any atom is 0.255 e. The van der Waals surface area contributed by atoms with Crippen LogP contribution in [0, 0.1) is 11.9 Å². The van der Waals surface area contributed by atoms with Gasteiger partial charge in [-0.25, -0.2) is 0 Å². The van der Waals surface area contributed by atoms with Crippen LogP contribution < -0.4 is 19.9 Å². The second-order valence-electron chi connectivity index (χ2n) is 16.9. The third-order valence-electron chi connectivity index (χ3n) is 13.5. The molecule has 2 N–H and O–H groups in total. The van der Waals surface area contributed by atoms with Gasteiger partial charge in [0, 0.05) is 87.3 Å². The Morgan fingerprint density at radius 1 is 0.783 bits per heavy atom. The topological polar surface area (TPSA) is 114 Å². The van der Waals surface area contributed by atoms with E-state index in [1.54, 1.807) is 12.0 Å². The fraction of sp³-hybridized carbons (Fsp3) is 0.375. The summed E-state index contributed by atoms with van der Waals surface area (Å²) in [7, 11) is 1.75. The summed E-state index contributed by atoms with van der Waals surface area (Å²) >= 11 is 0. The van der Waals surface area contributed by atoms with Crippen molar-refractivity contribution in [2.45, 2.75) is 57.5 Å². The van der Waals surface area contributed by atoms with Gasteiger partial charge in [-0.1, -0.05) is 36.4 Å². The van der Waals surface area contributed by atoms with E-state index in [4.69, 9.17) is 4.74 Å². The van der Waals surface area contributed by atoms with E-state index in [1.165, 1.54) is 11.1 Å². The molecule has 0 bridgehead atoms. The number of anilines is 2. The summed E-state index contributed by atoms with van der Waals surface area (Å²) in [6, 6.07) is 26.6. The second kappa shape index (κ2) is 15.9. The number of ether oxygens (including phenoxy) is 1. The summed E-state index contributed by atoms with van der Waals surface area (Å²) in [5, 5.41) is 9.77. The summed E-state index contributed by atoms with van der Waals surface area (Å²) < 4.78 is 21.4. The molecule has 0 spiro atoms. The van der Waals surface area contributed by atoms with Gasteiger partial charge in [0.1, 0.15) is 11.8 Å². The Kier molecular flexibility index (Phi) is 10.1. The molecule has 3 amide bonds. The fourth-order valence-electron chi connectivity index (χ4n) is 10.4. The number of fused-ring (bicyclic) bond motifs is 4. The highest BCUT2D eigenvalue weighted by molar-refractivity contribution is 6.06. The molecular weight excluding hydrogens is 758 g/mol. The van der Waals surface area contributed by atoms with Gasteiger partial charge in [0.05, 0.1) is 18.0 Å². The van der Waals surface area contributed by atoms with Gasteiger partial charge in [0.2, 0.25) is 17.8 Å². The molecule has 5 heterocycles. The maximum absolute atomic E-state index is 15.2. The first-order chi connectivity index (χ1) is 29.3. The van der Waals surface area contributed by atoms with Crippen molar-refractivity contribution >= 4 is 51.1 Å². The highest BCUT2D eigenvalue weighted by atomic mass is 19.1. The van der Waals surface area contributed by atoms with Crippen molar-refractivity contribution in [2.24, 2.45) is 5.92 Å². The number of allylic oxidation sites excluding steroid dienone is 1. The van der Waals surface area contributed by atoms with Gasteiger partial charge in [-0.2, -0.15) is 9.49 Å². The number of hydrogen-bond acceptors (Lipinski definition) is 8. The molecule has 1 aromatic heterocycles. The van der Waals surface area contributed by atoms with Gasteiger partial charge in [-0.15, -0.1) is 0 Å². The Labute approximate surface area is 349 Å². The number of nitrogens with one attached hydrogen (secondary N) is 2. The minimum atomic E-state index is -0.602. The fourth-order valence-corrected chi connectivity index (χ4v) is 10.4. The number of aromatic amines is 1. The van der Waals surface area contributed by atoms with E-state index < -0.39 is 6.04 Å². The molecule has 10 rings (SSSR count). The van der Waals surface area contributed by atoms with Crippen molar-refractivity contribution in [2.75, 3.05) is 62.7 Å². The number of carbonyl (C=O) groups is 3. The highest BCUT2D eigenvalue weighted by Gasteiger charge is 2.39. The standard InChI is InChI=1S/C48H50FN7O4/c1-60-42-27-34(11-13-39(42)44-35(31-6-3-2-4-7-31)8-5-9-37-38(44)14-15-40-45(37)46(49)52-51-40)54-20-18-30(19-21-54)28-53-22-24-55(25-23-53)33-10-12-36-32(26-33)29-56(48(36)59)41-16-17-43(57)50-47(41)58/h2-4,6-7,10-15,26-27,30,41H,5,8-9,16-25,28-29H2,1H3,(H,51,52)(H,50,57,58)/t41-/m0/s1. The first-order valence-corrected chi connectivity index (χ1v) is 21.5. The van der Waals surface area contributed by atoms with Crippen molar-refractivity contribution in [3.05, 3.63) is 118 Å². The molecule has 1 aliphatic carbocycles. The Bertz CT molecular complexity index is 2520. The Morgan fingerprint density at radius 3 is 2.28 bits per heavy atom. The molecule has 4 aromatic carbocycles. The van der Waals surface area contributed by atoms with Gasteiger partial charge in [-0.3, -0.25) is 29.7 Å². The molecule has 3 saturated heterocycles. The molecule has 0 radical (unpaired) electrons. The van der Waals surface area contributed by atoms with Crippen molar-refractivity contribution in [3.63, 3.8) is 0 Å². The maximum atomic E-state index is 15.2. The van der Waals surface area contributed by atoms with Gasteiger partial charge >= 0.3 is 0 Å². The number of carbonyl (C=O) groups excluding carboxylic acids is 3. The quantitative estimate of drug-likeness (QED) is 0.165. The predicted molar refractivity (Wildman–Crippen MR) is 230 cm³/mol. The largest absolute Gasteiger partial charge is 0.496 e. The molecule has 0 unspecified atom stereocenters. The first-order valence-electron chi connectivity index (χ1n) is 21.5. The smallest absolute Gasteiger partial charge is 0.255 e. The molecule has 0 saturated carbocycles. The van der Waals surface area contributed by atoms with E-state index in [0.29, 0.717) is 35.3 Å². The van der Waals surface area contributed by atoms with Gasteiger partial charge in [-0.05, 0) is 114 Å². The third kappa shape index (κ3) is 7.00. The van der Waals surface area contributed by atoms with Crippen LogP contribution in [0.3, 0.4) is 0 Å². The molecular formula is C48H50FN7O4. The molecule has 5 aliphatic rings.